The van der Waals surface area contributed by atoms with Gasteiger partial charge in [-0.3, -0.25) is 0 Å². The maximum absolute atomic E-state index is 9.97. The summed E-state index contributed by atoms with van der Waals surface area (Å²) >= 11 is 0. The lowest BCUT2D eigenvalue weighted by molar-refractivity contribution is 0.177. The Morgan fingerprint density at radius 2 is 2.00 bits per heavy atom. The summed E-state index contributed by atoms with van der Waals surface area (Å²) in [6.45, 7) is 6.24. The van der Waals surface area contributed by atoms with Crippen molar-refractivity contribution in [1.29, 1.82) is 5.26 Å². The average molecular weight is 261 g/mol. The second kappa shape index (κ2) is 7.78. The zero-order chi connectivity index (χ0) is 14.3. The van der Waals surface area contributed by atoms with Gasteiger partial charge in [0.1, 0.15) is 6.07 Å². The number of benzene rings is 1. The van der Waals surface area contributed by atoms with Gasteiger partial charge < -0.3 is 15.3 Å². The molecular weight excluding hydrogens is 238 g/mol. The van der Waals surface area contributed by atoms with Gasteiger partial charge in [0.15, 0.2) is 0 Å². The molecule has 0 amide bonds. The van der Waals surface area contributed by atoms with E-state index in [1.165, 1.54) is 0 Å². The minimum Gasteiger partial charge on any atom is -0.390 e. The summed E-state index contributed by atoms with van der Waals surface area (Å²) in [4.78, 5) is 1.92. The Morgan fingerprint density at radius 1 is 1.32 bits per heavy atom. The molecule has 104 valence electrons. The average Bonchev–Trinajstić information content (AvgIpc) is 2.38. The van der Waals surface area contributed by atoms with Gasteiger partial charge in [0.05, 0.1) is 17.4 Å². The van der Waals surface area contributed by atoms with Crippen molar-refractivity contribution in [2.45, 2.75) is 20.0 Å². The molecule has 2 N–H and O–H groups in total. The summed E-state index contributed by atoms with van der Waals surface area (Å²) in [5, 5.41) is 22.3. The van der Waals surface area contributed by atoms with Crippen LogP contribution in [-0.2, 0) is 0 Å². The van der Waals surface area contributed by atoms with Crippen LogP contribution in [0.5, 0.6) is 0 Å². The summed E-state index contributed by atoms with van der Waals surface area (Å²) in [6, 6.07) is 9.59. The van der Waals surface area contributed by atoms with Crippen LogP contribution in [0.15, 0.2) is 24.3 Å². The predicted molar refractivity (Wildman–Crippen MR) is 78.1 cm³/mol. The third-order valence-electron chi connectivity index (χ3n) is 2.85. The number of rotatable bonds is 7. The molecule has 0 aliphatic carbocycles. The van der Waals surface area contributed by atoms with Crippen molar-refractivity contribution in [1.82, 2.24) is 5.32 Å². The minimum atomic E-state index is -0.449. The molecule has 4 nitrogen and oxygen atoms in total. The Hall–Kier alpha value is -1.57. The number of nitrogens with one attached hydrogen (secondary N) is 1. The zero-order valence-corrected chi connectivity index (χ0v) is 11.9. The highest BCUT2D eigenvalue weighted by atomic mass is 16.3. The van der Waals surface area contributed by atoms with Crippen LogP contribution < -0.4 is 10.2 Å². The summed E-state index contributed by atoms with van der Waals surface area (Å²) in [6.07, 6.45) is -0.449. The van der Waals surface area contributed by atoms with Crippen molar-refractivity contribution in [3.63, 3.8) is 0 Å². The smallest absolute Gasteiger partial charge is 0.101 e. The normalized spacial score (nSPS) is 12.2. The largest absolute Gasteiger partial charge is 0.390 e. The van der Waals surface area contributed by atoms with Crippen LogP contribution in [0.4, 0.5) is 5.69 Å². The summed E-state index contributed by atoms with van der Waals surface area (Å²) in [5.74, 6) is 0.573. The number of nitriles is 1. The van der Waals surface area contributed by atoms with E-state index in [1.807, 2.05) is 30.1 Å². The quantitative estimate of drug-likeness (QED) is 0.783. The fourth-order valence-electron chi connectivity index (χ4n) is 1.92. The van der Waals surface area contributed by atoms with Gasteiger partial charge in [-0.15, -0.1) is 0 Å². The third-order valence-corrected chi connectivity index (χ3v) is 2.85. The fraction of sp³-hybridized carbons (Fsp3) is 0.533. The van der Waals surface area contributed by atoms with Crippen LogP contribution in [0.2, 0.25) is 0 Å². The number of likely N-dealkylation sites (N-methyl/N-ethyl adjacent to an activating group) is 1. The molecule has 0 fully saturated rings. The number of hydrogen-bond acceptors (Lipinski definition) is 4. The van der Waals surface area contributed by atoms with Crippen molar-refractivity contribution >= 4 is 5.69 Å². The first kappa shape index (κ1) is 15.5. The topological polar surface area (TPSA) is 59.3 Å². The molecule has 0 saturated heterocycles. The molecule has 1 rings (SSSR count). The van der Waals surface area contributed by atoms with E-state index in [0.717, 1.165) is 12.2 Å². The predicted octanol–water partition coefficient (Wildman–Crippen LogP) is 1.60. The first-order valence-corrected chi connectivity index (χ1v) is 6.63. The van der Waals surface area contributed by atoms with E-state index in [9.17, 15) is 5.11 Å². The molecule has 0 aliphatic heterocycles. The van der Waals surface area contributed by atoms with E-state index in [2.05, 4.69) is 25.2 Å². The number of aliphatic hydroxyl groups excluding tert-OH is 1. The summed E-state index contributed by atoms with van der Waals surface area (Å²) < 4.78 is 0. The number of nitrogens with zero attached hydrogens (tertiary/aromatic N) is 2. The Kier molecular flexibility index (Phi) is 6.34. The van der Waals surface area contributed by atoms with E-state index < -0.39 is 6.10 Å². The monoisotopic (exact) mass is 261 g/mol. The SMILES string of the molecule is CC(C)CNCC(O)CN(C)c1ccccc1C#N. The molecular formula is C15H23N3O. The number of aliphatic hydroxyl groups is 1. The lowest BCUT2D eigenvalue weighted by atomic mass is 10.1. The van der Waals surface area contributed by atoms with E-state index >= 15 is 0 Å². The number of anilines is 1. The number of para-hydroxylation sites is 1. The Balaban J connectivity index is 2.50. The van der Waals surface area contributed by atoms with Crippen LogP contribution in [0.3, 0.4) is 0 Å². The minimum absolute atomic E-state index is 0.449. The van der Waals surface area contributed by atoms with Gasteiger partial charge in [-0.05, 0) is 24.6 Å². The van der Waals surface area contributed by atoms with Gasteiger partial charge >= 0.3 is 0 Å². The first-order chi connectivity index (χ1) is 9.04. The maximum atomic E-state index is 9.97. The standard InChI is InChI=1S/C15H23N3O/c1-12(2)9-17-10-14(19)11-18(3)15-7-5-4-6-13(15)8-16/h4-7,12,14,17,19H,9-11H2,1-3H3. The molecule has 19 heavy (non-hydrogen) atoms. The molecule has 0 aliphatic rings. The lowest BCUT2D eigenvalue weighted by Gasteiger charge is -2.24. The number of hydrogen-bond donors (Lipinski definition) is 2. The van der Waals surface area contributed by atoms with Crippen molar-refractivity contribution in [3.05, 3.63) is 29.8 Å². The summed E-state index contributed by atoms with van der Waals surface area (Å²) in [7, 11) is 1.89. The Morgan fingerprint density at radius 3 is 2.63 bits per heavy atom. The van der Waals surface area contributed by atoms with Crippen LogP contribution in [0.25, 0.3) is 0 Å². The van der Waals surface area contributed by atoms with Gasteiger partial charge in [0.2, 0.25) is 0 Å². The molecule has 0 spiro atoms. The Labute approximate surface area is 115 Å². The van der Waals surface area contributed by atoms with Crippen LogP contribution >= 0.6 is 0 Å². The second-order valence-electron chi connectivity index (χ2n) is 5.22. The lowest BCUT2D eigenvalue weighted by Crippen LogP contribution is -2.37. The second-order valence-corrected chi connectivity index (χ2v) is 5.22. The van der Waals surface area contributed by atoms with Crippen LogP contribution in [0.1, 0.15) is 19.4 Å². The van der Waals surface area contributed by atoms with Gasteiger partial charge in [-0.2, -0.15) is 5.26 Å². The van der Waals surface area contributed by atoms with Gasteiger partial charge in [0, 0.05) is 20.1 Å². The highest BCUT2D eigenvalue weighted by molar-refractivity contribution is 5.58. The fourth-order valence-corrected chi connectivity index (χ4v) is 1.92. The highest BCUT2D eigenvalue weighted by Crippen LogP contribution is 2.17. The molecule has 0 heterocycles. The maximum Gasteiger partial charge on any atom is 0.101 e. The molecule has 4 heteroatoms. The van der Waals surface area contributed by atoms with Gasteiger partial charge in [-0.1, -0.05) is 26.0 Å². The highest BCUT2D eigenvalue weighted by Gasteiger charge is 2.11. The van der Waals surface area contributed by atoms with Gasteiger partial charge in [-0.25, -0.2) is 0 Å². The molecule has 1 unspecified atom stereocenters. The van der Waals surface area contributed by atoms with Gasteiger partial charge in [0.25, 0.3) is 0 Å². The third kappa shape index (κ3) is 5.29. The molecule has 1 aromatic carbocycles. The molecule has 0 bridgehead atoms. The van der Waals surface area contributed by atoms with Crippen LogP contribution in [-0.4, -0.2) is 37.9 Å². The molecule has 1 aromatic rings. The van der Waals surface area contributed by atoms with E-state index in [-0.39, 0.29) is 0 Å². The van der Waals surface area contributed by atoms with Crippen molar-refractivity contribution in [2.24, 2.45) is 5.92 Å². The van der Waals surface area contributed by atoms with E-state index in [0.29, 0.717) is 24.6 Å². The summed E-state index contributed by atoms with van der Waals surface area (Å²) in [5.41, 5.74) is 1.49. The molecule has 0 saturated carbocycles. The zero-order valence-electron chi connectivity index (χ0n) is 11.9. The van der Waals surface area contributed by atoms with E-state index in [1.54, 1.807) is 6.07 Å². The van der Waals surface area contributed by atoms with Crippen molar-refractivity contribution in [3.8, 4) is 6.07 Å². The molecule has 1 atom stereocenters. The molecule has 0 aromatic heterocycles. The van der Waals surface area contributed by atoms with Crippen LogP contribution in [0, 0.1) is 17.2 Å². The Bertz CT molecular complexity index is 426. The van der Waals surface area contributed by atoms with E-state index in [4.69, 9.17) is 5.26 Å². The van der Waals surface area contributed by atoms with Crippen molar-refractivity contribution < 1.29 is 5.11 Å². The molecule has 0 radical (unpaired) electrons. The first-order valence-electron chi connectivity index (χ1n) is 6.63. The van der Waals surface area contributed by atoms with Crippen molar-refractivity contribution in [2.75, 3.05) is 31.6 Å².